The minimum absolute atomic E-state index is 0.0374. The monoisotopic (exact) mass is 603 g/mol. The summed E-state index contributed by atoms with van der Waals surface area (Å²) in [6, 6.07) is 4.59. The fourth-order valence-corrected chi connectivity index (χ4v) is 4.98. The lowest BCUT2D eigenvalue weighted by atomic mass is 10.0. The molecule has 0 heterocycles. The number of amides is 2. The summed E-state index contributed by atoms with van der Waals surface area (Å²) in [5.41, 5.74) is 11.7. The van der Waals surface area contributed by atoms with Crippen LogP contribution in [0, 0.1) is 0 Å². The maximum atomic E-state index is 13.5. The second kappa shape index (κ2) is 23.2. The van der Waals surface area contributed by atoms with Gasteiger partial charge in [-0.3, -0.25) is 14.6 Å². The summed E-state index contributed by atoms with van der Waals surface area (Å²) in [4.78, 5) is 42.8. The minimum atomic E-state index is -0.912. The number of phenols is 1. The van der Waals surface area contributed by atoms with E-state index in [1.165, 1.54) is 51.2 Å². The van der Waals surface area contributed by atoms with E-state index in [2.05, 4.69) is 29.5 Å². The number of nitrogens with zero attached hydrogens (tertiary/aromatic N) is 1. The second-order valence-corrected chi connectivity index (χ2v) is 11.5. The molecular weight excluding hydrogens is 546 g/mol. The number of esters is 1. The molecule has 0 fully saturated rings. The number of phenolic OH excluding ortho intramolecular Hbond substituents is 1. The first-order valence-electron chi connectivity index (χ1n) is 16.3. The molecule has 10 nitrogen and oxygen atoms in total. The number of guanidine groups is 1. The highest BCUT2D eigenvalue weighted by Gasteiger charge is 2.29. The molecule has 3 atom stereocenters. The molecule has 1 rings (SSSR count). The molecule has 244 valence electrons. The smallest absolute Gasteiger partial charge is 0.328 e. The molecule has 0 radical (unpaired) electrons. The van der Waals surface area contributed by atoms with Crippen molar-refractivity contribution in [3.8, 4) is 5.75 Å². The van der Waals surface area contributed by atoms with Gasteiger partial charge in [0.1, 0.15) is 23.9 Å². The van der Waals surface area contributed by atoms with Crippen LogP contribution < -0.4 is 22.1 Å². The Balaban J connectivity index is 2.96. The zero-order chi connectivity index (χ0) is 31.9. The largest absolute Gasteiger partial charge is 0.508 e. The van der Waals surface area contributed by atoms with Gasteiger partial charge in [0.25, 0.3) is 0 Å². The van der Waals surface area contributed by atoms with Crippen LogP contribution in [0.5, 0.6) is 5.75 Å². The predicted octanol–water partition coefficient (Wildman–Crippen LogP) is 5.00. The number of benzene rings is 1. The summed E-state index contributed by atoms with van der Waals surface area (Å²) in [7, 11) is 0. The van der Waals surface area contributed by atoms with E-state index in [-0.39, 0.29) is 36.6 Å². The van der Waals surface area contributed by atoms with Crippen LogP contribution in [0.25, 0.3) is 0 Å². The fraction of sp³-hybridized carbons (Fsp3) is 0.697. The van der Waals surface area contributed by atoms with Gasteiger partial charge in [0.15, 0.2) is 5.96 Å². The number of unbranched alkanes of at least 4 members (excludes halogenated alkanes) is 9. The van der Waals surface area contributed by atoms with Crippen molar-refractivity contribution in [2.75, 3.05) is 6.54 Å². The lowest BCUT2D eigenvalue weighted by molar-refractivity contribution is -0.154. The van der Waals surface area contributed by atoms with Crippen molar-refractivity contribution in [3.05, 3.63) is 29.8 Å². The van der Waals surface area contributed by atoms with E-state index in [4.69, 9.17) is 16.2 Å². The van der Waals surface area contributed by atoms with Crippen molar-refractivity contribution in [2.45, 2.75) is 142 Å². The highest BCUT2D eigenvalue weighted by Crippen LogP contribution is 2.18. The molecule has 1 aromatic rings. The fourth-order valence-electron chi connectivity index (χ4n) is 4.98. The van der Waals surface area contributed by atoms with Gasteiger partial charge in [-0.15, -0.1) is 0 Å². The summed E-state index contributed by atoms with van der Waals surface area (Å²) in [6.07, 6.45) is 15.0. The third kappa shape index (κ3) is 18.8. The van der Waals surface area contributed by atoms with Crippen molar-refractivity contribution in [3.63, 3.8) is 0 Å². The first-order valence-corrected chi connectivity index (χ1v) is 16.3. The molecule has 0 spiro atoms. The number of carbonyl (C=O) groups is 3. The number of nitrogens with two attached hydrogens (primary N) is 2. The maximum absolute atomic E-state index is 13.5. The van der Waals surface area contributed by atoms with Crippen molar-refractivity contribution in [2.24, 2.45) is 16.5 Å². The highest BCUT2D eigenvalue weighted by atomic mass is 16.5. The Hall–Kier alpha value is -3.30. The minimum Gasteiger partial charge on any atom is -0.508 e. The lowest BCUT2D eigenvalue weighted by Gasteiger charge is -2.25. The quantitative estimate of drug-likeness (QED) is 0.0479. The van der Waals surface area contributed by atoms with Gasteiger partial charge < -0.3 is 31.9 Å². The number of hydrogen-bond acceptors (Lipinski definition) is 6. The molecule has 1 aromatic carbocycles. The first-order chi connectivity index (χ1) is 20.7. The Morgan fingerprint density at radius 1 is 0.791 bits per heavy atom. The standard InChI is InChI=1S/C33H57N5O5/c1-4-6-8-10-11-12-14-17-28(16-13-9-7-5-2)43-32(42)29(18-15-23-36-33(34)35)38-31(41)30(37-25(3)39)24-26-19-21-27(40)22-20-26/h19-22,28-30,40H,4-18,23-24H2,1-3H3,(H,37,39)(H,38,41)(H4,34,35,36)/t28?,29-,30-/m0/s1. The van der Waals surface area contributed by atoms with Gasteiger partial charge in [0.2, 0.25) is 11.8 Å². The van der Waals surface area contributed by atoms with Crippen LogP contribution >= 0.6 is 0 Å². The SMILES string of the molecule is CCCCCCCCCC(CCCCCC)OC(=O)[C@H](CCCN=C(N)N)NC(=O)[C@H](Cc1ccc(O)cc1)NC(C)=O. The third-order valence-electron chi connectivity index (χ3n) is 7.41. The van der Waals surface area contributed by atoms with Gasteiger partial charge in [-0.1, -0.05) is 83.8 Å². The third-order valence-corrected chi connectivity index (χ3v) is 7.41. The number of aliphatic imine (C=N–C) groups is 1. The number of rotatable bonds is 24. The molecule has 0 saturated heterocycles. The Bertz CT molecular complexity index is 950. The predicted molar refractivity (Wildman–Crippen MR) is 173 cm³/mol. The van der Waals surface area contributed by atoms with Gasteiger partial charge in [0.05, 0.1) is 0 Å². The zero-order valence-electron chi connectivity index (χ0n) is 26.7. The van der Waals surface area contributed by atoms with Crippen LogP contribution in [-0.4, -0.2) is 53.6 Å². The molecule has 7 N–H and O–H groups in total. The average Bonchev–Trinajstić information content (AvgIpc) is 2.96. The van der Waals surface area contributed by atoms with E-state index >= 15 is 0 Å². The van der Waals surface area contributed by atoms with Crippen LogP contribution in [0.3, 0.4) is 0 Å². The second-order valence-electron chi connectivity index (χ2n) is 11.5. The molecule has 43 heavy (non-hydrogen) atoms. The average molecular weight is 604 g/mol. The van der Waals surface area contributed by atoms with Crippen molar-refractivity contribution in [1.82, 2.24) is 10.6 Å². The summed E-state index contributed by atoms with van der Waals surface area (Å²) in [5.74, 6) is -1.27. The van der Waals surface area contributed by atoms with E-state index < -0.39 is 24.0 Å². The summed E-state index contributed by atoms with van der Waals surface area (Å²) < 4.78 is 6.06. The normalized spacial score (nSPS) is 13.0. The van der Waals surface area contributed by atoms with Crippen LogP contribution in [-0.2, 0) is 25.5 Å². The van der Waals surface area contributed by atoms with Crippen LogP contribution in [0.1, 0.15) is 123 Å². The molecule has 0 bridgehead atoms. The van der Waals surface area contributed by atoms with Crippen molar-refractivity contribution < 1.29 is 24.2 Å². The molecule has 0 aliphatic carbocycles. The first kappa shape index (κ1) is 37.7. The summed E-state index contributed by atoms with van der Waals surface area (Å²) in [6.45, 7) is 6.03. The van der Waals surface area contributed by atoms with E-state index in [9.17, 15) is 19.5 Å². The highest BCUT2D eigenvalue weighted by molar-refractivity contribution is 5.90. The molecule has 0 aromatic heterocycles. The summed E-state index contributed by atoms with van der Waals surface area (Å²) in [5, 5.41) is 15.1. The Morgan fingerprint density at radius 3 is 1.91 bits per heavy atom. The molecule has 10 heteroatoms. The Morgan fingerprint density at radius 2 is 1.35 bits per heavy atom. The number of nitrogens with one attached hydrogen (secondary N) is 2. The Kier molecular flexibility index (Phi) is 20.3. The van der Waals surface area contributed by atoms with E-state index in [1.54, 1.807) is 12.1 Å². The van der Waals surface area contributed by atoms with Crippen LogP contribution in [0.4, 0.5) is 0 Å². The number of carbonyl (C=O) groups excluding carboxylic acids is 3. The lowest BCUT2D eigenvalue weighted by Crippen LogP contribution is -2.52. The van der Waals surface area contributed by atoms with Gasteiger partial charge in [0, 0.05) is 19.9 Å². The van der Waals surface area contributed by atoms with Crippen LogP contribution in [0.15, 0.2) is 29.3 Å². The van der Waals surface area contributed by atoms with Gasteiger partial charge in [-0.25, -0.2) is 4.79 Å². The summed E-state index contributed by atoms with van der Waals surface area (Å²) >= 11 is 0. The Labute approximate surface area is 258 Å². The molecule has 1 unspecified atom stereocenters. The van der Waals surface area contributed by atoms with Crippen molar-refractivity contribution in [1.29, 1.82) is 0 Å². The molecule has 0 aliphatic heterocycles. The zero-order valence-corrected chi connectivity index (χ0v) is 26.7. The molecule has 2 amide bonds. The molecule has 0 aliphatic rings. The van der Waals surface area contributed by atoms with E-state index in [0.717, 1.165) is 56.9 Å². The maximum Gasteiger partial charge on any atom is 0.328 e. The van der Waals surface area contributed by atoms with Gasteiger partial charge in [-0.05, 0) is 56.2 Å². The van der Waals surface area contributed by atoms with E-state index in [1.807, 2.05) is 0 Å². The van der Waals surface area contributed by atoms with Crippen LogP contribution in [0.2, 0.25) is 0 Å². The van der Waals surface area contributed by atoms with Gasteiger partial charge >= 0.3 is 5.97 Å². The van der Waals surface area contributed by atoms with Crippen molar-refractivity contribution >= 4 is 23.7 Å². The van der Waals surface area contributed by atoms with E-state index in [0.29, 0.717) is 13.0 Å². The number of ether oxygens (including phenoxy) is 1. The topological polar surface area (TPSA) is 169 Å². The molecular formula is C33H57N5O5. The number of aromatic hydroxyl groups is 1. The number of hydrogen-bond donors (Lipinski definition) is 5. The molecule has 0 saturated carbocycles. The van der Waals surface area contributed by atoms with Gasteiger partial charge in [-0.2, -0.15) is 0 Å².